The Balaban J connectivity index is 1.41. The van der Waals surface area contributed by atoms with E-state index in [0.29, 0.717) is 11.5 Å². The molecule has 2 aliphatic rings. The largest absolute Gasteiger partial charge is 0.444 e. The predicted octanol–water partition coefficient (Wildman–Crippen LogP) is 2.94. The fraction of sp³-hybridized carbons (Fsp3) is 0.300. The third-order valence-corrected chi connectivity index (χ3v) is 5.36. The van der Waals surface area contributed by atoms with E-state index >= 15 is 0 Å². The number of carbonyl (C=O) groups excluding carboxylic acids is 1. The van der Waals surface area contributed by atoms with Crippen molar-refractivity contribution in [3.05, 3.63) is 53.5 Å². The molecule has 0 unspecified atom stereocenters. The Morgan fingerprint density at radius 2 is 2.14 bits per heavy atom. The van der Waals surface area contributed by atoms with E-state index in [1.54, 1.807) is 11.1 Å². The second kappa shape index (κ2) is 6.67. The SMILES string of the molecule is [C-]#[N+]Cn1nnc(-c2ccc(-c3ccc4c(c3)C[C@H]3[C@H](CC)OC(=O)N43)cn2)n1. The first-order valence-corrected chi connectivity index (χ1v) is 9.38. The van der Waals surface area contributed by atoms with Gasteiger partial charge in [-0.2, -0.15) is 0 Å². The number of ether oxygens (including phenoxy) is 1. The third-order valence-electron chi connectivity index (χ3n) is 5.36. The van der Waals surface area contributed by atoms with Crippen molar-refractivity contribution in [3.63, 3.8) is 0 Å². The number of tetrazole rings is 1. The highest BCUT2D eigenvalue weighted by Crippen LogP contribution is 2.41. The van der Waals surface area contributed by atoms with Gasteiger partial charge in [0.1, 0.15) is 11.8 Å². The monoisotopic (exact) mass is 387 g/mol. The Labute approximate surface area is 166 Å². The van der Waals surface area contributed by atoms with Gasteiger partial charge < -0.3 is 4.74 Å². The minimum Gasteiger partial charge on any atom is -0.444 e. The van der Waals surface area contributed by atoms with Crippen molar-refractivity contribution in [3.8, 4) is 22.6 Å². The number of carbonyl (C=O) groups is 1. The maximum atomic E-state index is 12.2. The van der Waals surface area contributed by atoms with Gasteiger partial charge in [0, 0.05) is 11.8 Å². The first kappa shape index (κ1) is 17.3. The first-order valence-electron chi connectivity index (χ1n) is 9.38. The van der Waals surface area contributed by atoms with Crippen LogP contribution in [0.1, 0.15) is 18.9 Å². The Hall–Kier alpha value is -3.80. The lowest BCUT2D eigenvalue weighted by Gasteiger charge is -2.15. The van der Waals surface area contributed by atoms with Crippen LogP contribution in [0.3, 0.4) is 0 Å². The van der Waals surface area contributed by atoms with E-state index in [4.69, 9.17) is 11.3 Å². The van der Waals surface area contributed by atoms with Crippen LogP contribution in [0.15, 0.2) is 36.5 Å². The molecule has 0 bridgehead atoms. The average molecular weight is 387 g/mol. The molecule has 0 radical (unpaired) electrons. The first-order chi connectivity index (χ1) is 14.2. The van der Waals surface area contributed by atoms with E-state index in [2.05, 4.69) is 31.3 Å². The fourth-order valence-electron chi connectivity index (χ4n) is 3.98. The van der Waals surface area contributed by atoms with E-state index in [1.807, 2.05) is 31.2 Å². The lowest BCUT2D eigenvalue weighted by molar-refractivity contribution is 0.129. The molecule has 0 aliphatic carbocycles. The van der Waals surface area contributed by atoms with Crippen LogP contribution in [0.4, 0.5) is 10.5 Å². The summed E-state index contributed by atoms with van der Waals surface area (Å²) in [4.78, 5) is 22.9. The van der Waals surface area contributed by atoms with E-state index in [0.717, 1.165) is 35.2 Å². The van der Waals surface area contributed by atoms with Crippen LogP contribution in [0.2, 0.25) is 0 Å². The van der Waals surface area contributed by atoms with Crippen molar-refractivity contribution in [1.82, 2.24) is 25.2 Å². The molecule has 0 saturated carbocycles. The summed E-state index contributed by atoms with van der Waals surface area (Å²) in [5.41, 5.74) is 4.68. The molecule has 0 N–H and O–H groups in total. The summed E-state index contributed by atoms with van der Waals surface area (Å²) in [6.45, 7) is 8.93. The number of anilines is 1. The molecule has 1 aromatic carbocycles. The Bertz CT molecular complexity index is 1130. The summed E-state index contributed by atoms with van der Waals surface area (Å²) in [6.07, 6.45) is 3.08. The molecule has 4 heterocycles. The van der Waals surface area contributed by atoms with E-state index < -0.39 is 0 Å². The molecule has 5 rings (SSSR count). The predicted molar refractivity (Wildman–Crippen MR) is 104 cm³/mol. The van der Waals surface area contributed by atoms with Gasteiger partial charge in [0.2, 0.25) is 5.82 Å². The number of nitrogens with zero attached hydrogens (tertiary/aromatic N) is 7. The molecule has 1 amide bonds. The number of benzene rings is 1. The molecule has 1 fully saturated rings. The third kappa shape index (κ3) is 2.81. The van der Waals surface area contributed by atoms with E-state index in [-0.39, 0.29) is 24.9 Å². The van der Waals surface area contributed by atoms with Crippen molar-refractivity contribution >= 4 is 11.8 Å². The highest BCUT2D eigenvalue weighted by atomic mass is 16.6. The molecule has 2 aromatic heterocycles. The van der Waals surface area contributed by atoms with Crippen LogP contribution in [-0.4, -0.2) is 43.4 Å². The molecule has 29 heavy (non-hydrogen) atoms. The van der Waals surface area contributed by atoms with Gasteiger partial charge >= 0.3 is 12.8 Å². The molecule has 9 heteroatoms. The Kier molecular flexibility index (Phi) is 3.98. The average Bonchev–Trinajstić information content (AvgIpc) is 3.43. The summed E-state index contributed by atoms with van der Waals surface area (Å²) in [7, 11) is 0. The van der Waals surface area contributed by atoms with Crippen molar-refractivity contribution in [2.75, 3.05) is 4.90 Å². The molecule has 0 spiro atoms. The number of rotatable bonds is 4. The quantitative estimate of drug-likeness (QED) is 0.640. The minimum absolute atomic E-state index is 0.0324. The number of hydrogen-bond donors (Lipinski definition) is 0. The zero-order valence-electron chi connectivity index (χ0n) is 15.7. The standard InChI is InChI=1S/C20H17N7O2/c1-3-18-17-9-14-8-12(5-7-16(14)27(17)20(28)29-18)13-4-6-15(22-10-13)19-23-25-26(24-19)11-21-2/h4-8,10,17-18H,3,9,11H2,1H3/t17-,18-/m0/s1. The Morgan fingerprint density at radius 3 is 2.90 bits per heavy atom. The summed E-state index contributed by atoms with van der Waals surface area (Å²) in [5.74, 6) is 0.388. The second-order valence-electron chi connectivity index (χ2n) is 7.03. The smallest absolute Gasteiger partial charge is 0.415 e. The number of amides is 1. The van der Waals surface area contributed by atoms with Gasteiger partial charge in [-0.1, -0.05) is 23.9 Å². The van der Waals surface area contributed by atoms with Gasteiger partial charge in [0.05, 0.1) is 11.7 Å². The number of pyridine rings is 1. The van der Waals surface area contributed by atoms with Crippen LogP contribution in [0.25, 0.3) is 27.5 Å². The van der Waals surface area contributed by atoms with E-state index in [1.165, 1.54) is 4.80 Å². The second-order valence-corrected chi connectivity index (χ2v) is 7.03. The molecule has 2 aliphatic heterocycles. The van der Waals surface area contributed by atoms with E-state index in [9.17, 15) is 4.79 Å². The molecular weight excluding hydrogens is 370 g/mol. The van der Waals surface area contributed by atoms with Gasteiger partial charge in [-0.25, -0.2) is 11.4 Å². The van der Waals surface area contributed by atoms with Crippen LogP contribution in [0.5, 0.6) is 0 Å². The van der Waals surface area contributed by atoms with Crippen LogP contribution < -0.4 is 4.90 Å². The van der Waals surface area contributed by atoms with Gasteiger partial charge in [0.25, 0.3) is 0 Å². The molecule has 144 valence electrons. The number of hydrogen-bond acceptors (Lipinski definition) is 6. The number of aromatic nitrogens is 5. The maximum absolute atomic E-state index is 12.2. The highest BCUT2D eigenvalue weighted by molar-refractivity contribution is 5.94. The normalized spacial score (nSPS) is 19.6. The zero-order valence-corrected chi connectivity index (χ0v) is 15.7. The highest BCUT2D eigenvalue weighted by Gasteiger charge is 2.46. The lowest BCUT2D eigenvalue weighted by Crippen LogP contribution is -2.32. The molecule has 2 atom stereocenters. The van der Waals surface area contributed by atoms with Gasteiger partial charge in [-0.05, 0) is 47.4 Å². The maximum Gasteiger partial charge on any atom is 0.415 e. The van der Waals surface area contributed by atoms with Crippen LogP contribution >= 0.6 is 0 Å². The van der Waals surface area contributed by atoms with Crippen molar-refractivity contribution in [2.24, 2.45) is 0 Å². The topological polar surface area (TPSA) is 90.4 Å². The number of cyclic esters (lactones) is 1. The summed E-state index contributed by atoms with van der Waals surface area (Å²) >= 11 is 0. The lowest BCUT2D eigenvalue weighted by atomic mass is 10.00. The number of fused-ring (bicyclic) bond motifs is 3. The zero-order chi connectivity index (χ0) is 20.0. The Morgan fingerprint density at radius 1 is 1.28 bits per heavy atom. The molecule has 3 aromatic rings. The van der Waals surface area contributed by atoms with Gasteiger partial charge in [-0.15, -0.1) is 10.2 Å². The molecule has 1 saturated heterocycles. The minimum atomic E-state index is -0.252. The summed E-state index contributed by atoms with van der Waals surface area (Å²) < 4.78 is 5.46. The molecular formula is C20H17N7O2. The van der Waals surface area contributed by atoms with Gasteiger partial charge in [-0.3, -0.25) is 14.7 Å². The van der Waals surface area contributed by atoms with Crippen LogP contribution in [-0.2, 0) is 17.8 Å². The van der Waals surface area contributed by atoms with Crippen LogP contribution in [0, 0.1) is 6.57 Å². The van der Waals surface area contributed by atoms with Crippen molar-refractivity contribution in [2.45, 2.75) is 38.6 Å². The van der Waals surface area contributed by atoms with Crippen molar-refractivity contribution < 1.29 is 9.53 Å². The van der Waals surface area contributed by atoms with Gasteiger partial charge in [0.15, 0.2) is 0 Å². The summed E-state index contributed by atoms with van der Waals surface area (Å²) in [6, 6.07) is 9.98. The summed E-state index contributed by atoms with van der Waals surface area (Å²) in [5, 5.41) is 11.9. The molecule has 9 nitrogen and oxygen atoms in total. The fourth-order valence-corrected chi connectivity index (χ4v) is 3.98. The van der Waals surface area contributed by atoms with Crippen molar-refractivity contribution in [1.29, 1.82) is 0 Å².